The summed E-state index contributed by atoms with van der Waals surface area (Å²) in [5.74, 6) is -0.239. The van der Waals surface area contributed by atoms with Crippen molar-refractivity contribution in [3.63, 3.8) is 0 Å². The number of amides is 1. The molecule has 0 unspecified atom stereocenters. The molecule has 2 aromatic carbocycles. The SMILES string of the molecule is O=C(N[C@@H](Cc1ccc(OCC2(CNc3ccccn3)CC2)cc1)C(=O)O)c1c(Cl)cccc1Cl. The highest BCUT2D eigenvalue weighted by atomic mass is 35.5. The minimum absolute atomic E-state index is 0.0531. The fraction of sp³-hybridized carbons (Fsp3) is 0.269. The number of aromatic nitrogens is 1. The van der Waals surface area contributed by atoms with Crippen molar-refractivity contribution < 1.29 is 19.4 Å². The Hall–Kier alpha value is -3.29. The predicted molar refractivity (Wildman–Crippen MR) is 135 cm³/mol. The van der Waals surface area contributed by atoms with Gasteiger partial charge in [0.05, 0.1) is 22.2 Å². The molecule has 7 nitrogen and oxygen atoms in total. The van der Waals surface area contributed by atoms with Crippen LogP contribution in [0.1, 0.15) is 28.8 Å². The molecule has 1 amide bonds. The second kappa shape index (κ2) is 11.0. The van der Waals surface area contributed by atoms with Gasteiger partial charge in [0.1, 0.15) is 17.6 Å². The van der Waals surface area contributed by atoms with Crippen LogP contribution in [0.5, 0.6) is 5.75 Å². The number of carboxylic acids is 1. The lowest BCUT2D eigenvalue weighted by molar-refractivity contribution is -0.139. The zero-order chi connectivity index (χ0) is 24.8. The van der Waals surface area contributed by atoms with Crippen molar-refractivity contribution in [2.45, 2.75) is 25.3 Å². The van der Waals surface area contributed by atoms with Crippen LogP contribution in [0, 0.1) is 5.41 Å². The lowest BCUT2D eigenvalue weighted by atomic mass is 10.0. The van der Waals surface area contributed by atoms with Crippen molar-refractivity contribution in [1.29, 1.82) is 0 Å². The Bertz CT molecular complexity index is 1160. The monoisotopic (exact) mass is 513 g/mol. The Kier molecular flexibility index (Phi) is 7.78. The van der Waals surface area contributed by atoms with Crippen LogP contribution in [0.15, 0.2) is 66.9 Å². The number of anilines is 1. The van der Waals surface area contributed by atoms with E-state index in [1.165, 1.54) is 12.1 Å². The van der Waals surface area contributed by atoms with Crippen LogP contribution in [0.25, 0.3) is 0 Å². The number of hydrogen-bond donors (Lipinski definition) is 3. The van der Waals surface area contributed by atoms with Gasteiger partial charge in [-0.2, -0.15) is 0 Å². The lowest BCUT2D eigenvalue weighted by Crippen LogP contribution is -2.42. The normalized spacial score (nSPS) is 14.6. The van der Waals surface area contributed by atoms with Crippen molar-refractivity contribution in [3.8, 4) is 5.75 Å². The van der Waals surface area contributed by atoms with Gasteiger partial charge < -0.3 is 20.5 Å². The number of nitrogens with zero attached hydrogens (tertiary/aromatic N) is 1. The molecule has 1 aliphatic carbocycles. The van der Waals surface area contributed by atoms with Gasteiger partial charge in [-0.1, -0.05) is 47.5 Å². The van der Waals surface area contributed by atoms with E-state index in [4.69, 9.17) is 27.9 Å². The first kappa shape index (κ1) is 24.8. The molecule has 0 aliphatic heterocycles. The molecule has 4 rings (SSSR count). The van der Waals surface area contributed by atoms with E-state index < -0.39 is 17.9 Å². The molecule has 0 radical (unpaired) electrons. The predicted octanol–water partition coefficient (Wildman–Crippen LogP) is 5.09. The minimum Gasteiger partial charge on any atom is -0.493 e. The number of hydrogen-bond acceptors (Lipinski definition) is 5. The number of rotatable bonds is 11. The van der Waals surface area contributed by atoms with Gasteiger partial charge in [-0.3, -0.25) is 4.79 Å². The Balaban J connectivity index is 1.31. The van der Waals surface area contributed by atoms with Crippen molar-refractivity contribution in [3.05, 3.63) is 88.0 Å². The van der Waals surface area contributed by atoms with Crippen LogP contribution < -0.4 is 15.4 Å². The molecule has 3 N–H and O–H groups in total. The van der Waals surface area contributed by atoms with Crippen molar-refractivity contribution in [2.24, 2.45) is 5.41 Å². The van der Waals surface area contributed by atoms with Crippen LogP contribution in [0.2, 0.25) is 10.0 Å². The van der Waals surface area contributed by atoms with Gasteiger partial charge in [0, 0.05) is 24.6 Å². The van der Waals surface area contributed by atoms with Gasteiger partial charge >= 0.3 is 5.97 Å². The number of pyridine rings is 1. The number of nitrogens with one attached hydrogen (secondary N) is 2. The number of carbonyl (C=O) groups excluding carboxylic acids is 1. The summed E-state index contributed by atoms with van der Waals surface area (Å²) in [7, 11) is 0. The van der Waals surface area contributed by atoms with Gasteiger partial charge in [0.25, 0.3) is 5.91 Å². The minimum atomic E-state index is -1.15. The van der Waals surface area contributed by atoms with Crippen molar-refractivity contribution in [1.82, 2.24) is 10.3 Å². The van der Waals surface area contributed by atoms with E-state index in [2.05, 4.69) is 15.6 Å². The molecular weight excluding hydrogens is 489 g/mol. The van der Waals surface area contributed by atoms with Crippen molar-refractivity contribution in [2.75, 3.05) is 18.5 Å². The summed E-state index contributed by atoms with van der Waals surface area (Å²) in [5.41, 5.74) is 0.889. The number of benzene rings is 2. The molecule has 1 atom stereocenters. The third kappa shape index (κ3) is 6.65. The number of ether oxygens (including phenoxy) is 1. The van der Waals surface area contributed by atoms with E-state index >= 15 is 0 Å². The number of aliphatic carboxylic acids is 1. The van der Waals surface area contributed by atoms with E-state index in [-0.39, 0.29) is 27.4 Å². The fourth-order valence-corrected chi connectivity index (χ4v) is 4.20. The van der Waals surface area contributed by atoms with E-state index in [1.807, 2.05) is 30.3 Å². The maximum Gasteiger partial charge on any atom is 0.326 e. The molecule has 1 heterocycles. The number of carbonyl (C=O) groups is 2. The second-order valence-electron chi connectivity index (χ2n) is 8.67. The smallest absolute Gasteiger partial charge is 0.326 e. The molecule has 0 saturated heterocycles. The van der Waals surface area contributed by atoms with Gasteiger partial charge in [0.15, 0.2) is 0 Å². The molecule has 1 fully saturated rings. The highest BCUT2D eigenvalue weighted by Gasteiger charge is 2.43. The van der Waals surface area contributed by atoms with Gasteiger partial charge in [-0.05, 0) is 54.8 Å². The first-order valence-electron chi connectivity index (χ1n) is 11.2. The Morgan fingerprint density at radius 1 is 1.03 bits per heavy atom. The Morgan fingerprint density at radius 2 is 1.74 bits per heavy atom. The zero-order valence-electron chi connectivity index (χ0n) is 18.8. The van der Waals surface area contributed by atoms with E-state index in [1.54, 1.807) is 24.4 Å². The quantitative estimate of drug-likeness (QED) is 0.330. The summed E-state index contributed by atoms with van der Waals surface area (Å²) in [6, 6.07) is 16.5. The van der Waals surface area contributed by atoms with Gasteiger partial charge in [-0.15, -0.1) is 0 Å². The summed E-state index contributed by atoms with van der Waals surface area (Å²) < 4.78 is 6.00. The Labute approximate surface area is 213 Å². The molecule has 1 aliphatic rings. The van der Waals surface area contributed by atoms with Crippen LogP contribution in [0.3, 0.4) is 0 Å². The first-order chi connectivity index (χ1) is 16.8. The highest BCUT2D eigenvalue weighted by molar-refractivity contribution is 6.39. The van der Waals surface area contributed by atoms with E-state index in [9.17, 15) is 14.7 Å². The summed E-state index contributed by atoms with van der Waals surface area (Å²) >= 11 is 12.1. The standard InChI is InChI=1S/C26H25Cl2N3O4/c27-19-4-3-5-20(28)23(19)24(32)31-21(25(33)34)14-17-7-9-18(10-8-17)35-16-26(11-12-26)15-30-22-6-1-2-13-29-22/h1-10,13,21H,11-12,14-16H2,(H,29,30)(H,31,32)(H,33,34)/t21-/m0/s1. The molecule has 9 heteroatoms. The summed E-state index contributed by atoms with van der Waals surface area (Å²) in [6.45, 7) is 1.37. The fourth-order valence-electron chi connectivity index (χ4n) is 3.63. The first-order valence-corrected chi connectivity index (χ1v) is 12.0. The van der Waals surface area contributed by atoms with E-state index in [0.717, 1.165) is 30.8 Å². The molecule has 0 bridgehead atoms. The van der Waals surface area contributed by atoms with Gasteiger partial charge in [-0.25, -0.2) is 9.78 Å². The third-order valence-corrected chi connectivity index (χ3v) is 6.60. The molecule has 182 valence electrons. The molecule has 1 aromatic heterocycles. The Morgan fingerprint density at radius 3 is 2.34 bits per heavy atom. The largest absolute Gasteiger partial charge is 0.493 e. The molecule has 35 heavy (non-hydrogen) atoms. The van der Waals surface area contributed by atoms with Crippen LogP contribution in [-0.2, 0) is 11.2 Å². The maximum absolute atomic E-state index is 12.6. The molecule has 3 aromatic rings. The maximum atomic E-state index is 12.6. The second-order valence-corrected chi connectivity index (χ2v) is 9.48. The number of carboxylic acid groups (broad SMARTS) is 1. The summed E-state index contributed by atoms with van der Waals surface area (Å²) in [6.07, 6.45) is 4.02. The van der Waals surface area contributed by atoms with E-state index in [0.29, 0.717) is 12.4 Å². The zero-order valence-corrected chi connectivity index (χ0v) is 20.4. The van der Waals surface area contributed by atoms with Crippen LogP contribution in [0.4, 0.5) is 5.82 Å². The third-order valence-electron chi connectivity index (χ3n) is 5.97. The topological polar surface area (TPSA) is 101 Å². The van der Waals surface area contributed by atoms with Crippen LogP contribution >= 0.6 is 23.2 Å². The average Bonchev–Trinajstić information content (AvgIpc) is 3.62. The van der Waals surface area contributed by atoms with Crippen molar-refractivity contribution >= 4 is 40.9 Å². The van der Waals surface area contributed by atoms with Crippen LogP contribution in [-0.4, -0.2) is 41.2 Å². The molecule has 1 saturated carbocycles. The summed E-state index contributed by atoms with van der Waals surface area (Å²) in [5, 5.41) is 15.8. The molecular formula is C26H25Cl2N3O4. The highest BCUT2D eigenvalue weighted by Crippen LogP contribution is 2.45. The molecule has 0 spiro atoms. The average molecular weight is 514 g/mol. The number of halogens is 2. The lowest BCUT2D eigenvalue weighted by Gasteiger charge is -2.18. The van der Waals surface area contributed by atoms with Gasteiger partial charge in [0.2, 0.25) is 0 Å². The summed E-state index contributed by atoms with van der Waals surface area (Å²) in [4.78, 5) is 28.7.